The highest BCUT2D eigenvalue weighted by atomic mass is 19.4. The number of rotatable bonds is 4. The van der Waals surface area contributed by atoms with Gasteiger partial charge in [0.15, 0.2) is 0 Å². The molecule has 30 heavy (non-hydrogen) atoms. The van der Waals surface area contributed by atoms with Crippen LogP contribution in [0.15, 0.2) is 66.7 Å². The Bertz CT molecular complexity index is 1090. The molecule has 0 aliphatic carbocycles. The minimum absolute atomic E-state index is 0.136. The molecule has 154 valence electrons. The lowest BCUT2D eigenvalue weighted by molar-refractivity contribution is -0.137. The van der Waals surface area contributed by atoms with Crippen LogP contribution in [0.5, 0.6) is 0 Å². The first kappa shape index (κ1) is 20.1. The van der Waals surface area contributed by atoms with Crippen molar-refractivity contribution in [2.75, 3.05) is 13.1 Å². The van der Waals surface area contributed by atoms with Gasteiger partial charge in [-0.3, -0.25) is 4.79 Å². The van der Waals surface area contributed by atoms with Crippen molar-refractivity contribution in [3.63, 3.8) is 0 Å². The van der Waals surface area contributed by atoms with Gasteiger partial charge in [0.2, 0.25) is 0 Å². The smallest absolute Gasteiger partial charge is 0.338 e. The highest BCUT2D eigenvalue weighted by Crippen LogP contribution is 2.33. The molecule has 1 aliphatic heterocycles. The van der Waals surface area contributed by atoms with Crippen molar-refractivity contribution in [3.05, 3.63) is 94.8 Å². The number of hydrogen-bond donors (Lipinski definition) is 0. The number of carbonyl (C=O) groups excluding carboxylic acids is 1. The molecular formula is C24H19F4NO. The molecule has 0 saturated carbocycles. The maximum absolute atomic E-state index is 13.8. The Morgan fingerprint density at radius 2 is 1.67 bits per heavy atom. The van der Waals surface area contributed by atoms with Crippen molar-refractivity contribution < 1.29 is 22.4 Å². The fourth-order valence-corrected chi connectivity index (χ4v) is 3.76. The van der Waals surface area contributed by atoms with Crippen LogP contribution >= 0.6 is 0 Å². The molecule has 0 aromatic heterocycles. The van der Waals surface area contributed by atoms with E-state index in [0.29, 0.717) is 48.2 Å². The molecule has 4 rings (SSSR count). The summed E-state index contributed by atoms with van der Waals surface area (Å²) in [5.41, 5.74) is 2.33. The van der Waals surface area contributed by atoms with Crippen LogP contribution in [0, 0.1) is 5.82 Å². The molecule has 0 spiro atoms. The summed E-state index contributed by atoms with van der Waals surface area (Å²) in [6, 6.07) is 16.8. The second-order valence-corrected chi connectivity index (χ2v) is 7.33. The third-order valence-electron chi connectivity index (χ3n) is 5.41. The van der Waals surface area contributed by atoms with E-state index < -0.39 is 11.7 Å². The zero-order valence-electron chi connectivity index (χ0n) is 16.0. The van der Waals surface area contributed by atoms with E-state index in [-0.39, 0.29) is 11.7 Å². The molecule has 3 aromatic rings. The van der Waals surface area contributed by atoms with Crippen LogP contribution in [0.2, 0.25) is 0 Å². The third kappa shape index (κ3) is 4.08. The number of fused-ring (bicyclic) bond motifs is 1. The lowest BCUT2D eigenvalue weighted by Gasteiger charge is -2.29. The number of nitrogens with zero attached hydrogens (tertiary/aromatic N) is 1. The first-order chi connectivity index (χ1) is 14.3. The lowest BCUT2D eigenvalue weighted by atomic mass is 9.93. The molecule has 1 heterocycles. The average molecular weight is 413 g/mol. The first-order valence-electron chi connectivity index (χ1n) is 9.66. The van der Waals surface area contributed by atoms with Crippen LogP contribution in [0.4, 0.5) is 17.6 Å². The largest absolute Gasteiger partial charge is 0.416 e. The predicted molar refractivity (Wildman–Crippen MR) is 107 cm³/mol. The van der Waals surface area contributed by atoms with Crippen molar-refractivity contribution in [2.24, 2.45) is 0 Å². The van der Waals surface area contributed by atoms with E-state index in [1.54, 1.807) is 47.4 Å². The molecule has 0 saturated heterocycles. The topological polar surface area (TPSA) is 20.3 Å². The first-order valence-corrected chi connectivity index (χ1v) is 9.66. The minimum Gasteiger partial charge on any atom is -0.338 e. The average Bonchev–Trinajstić information content (AvgIpc) is 2.73. The van der Waals surface area contributed by atoms with Crippen molar-refractivity contribution in [1.82, 2.24) is 4.90 Å². The molecule has 0 unspecified atom stereocenters. The van der Waals surface area contributed by atoms with Crippen LogP contribution in [0.1, 0.15) is 27.0 Å². The Morgan fingerprint density at radius 1 is 0.900 bits per heavy atom. The van der Waals surface area contributed by atoms with Crippen LogP contribution in [0.25, 0.3) is 11.1 Å². The highest BCUT2D eigenvalue weighted by Gasteiger charge is 2.30. The molecule has 0 N–H and O–H groups in total. The molecule has 1 amide bonds. The quantitative estimate of drug-likeness (QED) is 0.499. The second-order valence-electron chi connectivity index (χ2n) is 7.33. The summed E-state index contributed by atoms with van der Waals surface area (Å²) in [6.45, 7) is 0.904. The fourth-order valence-electron chi connectivity index (χ4n) is 3.76. The standard InChI is InChI=1S/C24H19F4NO/c25-22-7-2-1-4-16(22)10-12-29-13-11-19-14-18(8-9-21(19)23(29)30)17-5-3-6-20(15-17)24(26,27)28/h1-9,14-15H,10-13H2. The molecule has 6 heteroatoms. The summed E-state index contributed by atoms with van der Waals surface area (Å²) in [4.78, 5) is 14.5. The van der Waals surface area contributed by atoms with E-state index in [2.05, 4.69) is 0 Å². The van der Waals surface area contributed by atoms with Gasteiger partial charge in [-0.15, -0.1) is 0 Å². The number of carbonyl (C=O) groups is 1. The molecular weight excluding hydrogens is 394 g/mol. The van der Waals surface area contributed by atoms with E-state index >= 15 is 0 Å². The molecule has 0 radical (unpaired) electrons. The number of benzene rings is 3. The number of halogens is 4. The van der Waals surface area contributed by atoms with E-state index in [9.17, 15) is 22.4 Å². The summed E-state index contributed by atoms with van der Waals surface area (Å²) in [5.74, 6) is -0.420. The SMILES string of the molecule is O=C1c2ccc(-c3cccc(C(F)(F)F)c3)cc2CCN1CCc1ccccc1F. The number of amides is 1. The van der Waals surface area contributed by atoms with Gasteiger partial charge < -0.3 is 4.90 Å². The maximum Gasteiger partial charge on any atom is 0.416 e. The van der Waals surface area contributed by atoms with E-state index in [4.69, 9.17) is 0 Å². The van der Waals surface area contributed by atoms with Gasteiger partial charge in [0.05, 0.1) is 5.56 Å². The van der Waals surface area contributed by atoms with Crippen LogP contribution in [-0.2, 0) is 19.0 Å². The predicted octanol–water partition coefficient (Wildman–Crippen LogP) is 5.75. The molecule has 2 nitrogen and oxygen atoms in total. The molecule has 0 fully saturated rings. The zero-order valence-corrected chi connectivity index (χ0v) is 16.0. The molecule has 3 aromatic carbocycles. The molecule has 0 atom stereocenters. The molecule has 1 aliphatic rings. The molecule has 0 bridgehead atoms. The van der Waals surface area contributed by atoms with Gasteiger partial charge in [-0.2, -0.15) is 13.2 Å². The number of hydrogen-bond acceptors (Lipinski definition) is 1. The Morgan fingerprint density at radius 3 is 2.43 bits per heavy atom. The fraction of sp³-hybridized carbons (Fsp3) is 0.208. The monoisotopic (exact) mass is 413 g/mol. The zero-order chi connectivity index (χ0) is 21.3. The third-order valence-corrected chi connectivity index (χ3v) is 5.41. The Labute approximate surface area is 171 Å². The van der Waals surface area contributed by atoms with Gasteiger partial charge in [0.25, 0.3) is 5.91 Å². The van der Waals surface area contributed by atoms with Gasteiger partial charge in [-0.05, 0) is 59.4 Å². The van der Waals surface area contributed by atoms with Gasteiger partial charge in [-0.1, -0.05) is 42.5 Å². The van der Waals surface area contributed by atoms with Gasteiger partial charge in [0, 0.05) is 18.7 Å². The summed E-state index contributed by atoms with van der Waals surface area (Å²) >= 11 is 0. The Balaban J connectivity index is 1.53. The van der Waals surface area contributed by atoms with Crippen LogP contribution in [0.3, 0.4) is 0 Å². The van der Waals surface area contributed by atoms with Crippen LogP contribution < -0.4 is 0 Å². The van der Waals surface area contributed by atoms with Crippen molar-refractivity contribution in [3.8, 4) is 11.1 Å². The van der Waals surface area contributed by atoms with E-state index in [0.717, 1.165) is 17.7 Å². The number of alkyl halides is 3. The minimum atomic E-state index is -4.40. The van der Waals surface area contributed by atoms with Crippen molar-refractivity contribution >= 4 is 5.91 Å². The van der Waals surface area contributed by atoms with Crippen LogP contribution in [-0.4, -0.2) is 23.9 Å². The Kier molecular flexibility index (Phi) is 5.33. The van der Waals surface area contributed by atoms with Gasteiger partial charge in [0.1, 0.15) is 5.82 Å². The van der Waals surface area contributed by atoms with E-state index in [1.165, 1.54) is 12.1 Å². The summed E-state index contributed by atoms with van der Waals surface area (Å²) in [6.07, 6.45) is -3.37. The Hall–Kier alpha value is -3.15. The normalized spacial score (nSPS) is 14.0. The lowest BCUT2D eigenvalue weighted by Crippen LogP contribution is -2.39. The summed E-state index contributed by atoms with van der Waals surface area (Å²) in [7, 11) is 0. The highest BCUT2D eigenvalue weighted by molar-refractivity contribution is 5.97. The van der Waals surface area contributed by atoms with Crippen molar-refractivity contribution in [1.29, 1.82) is 0 Å². The summed E-state index contributed by atoms with van der Waals surface area (Å²) < 4.78 is 52.8. The van der Waals surface area contributed by atoms with E-state index in [1.807, 2.05) is 0 Å². The summed E-state index contributed by atoms with van der Waals surface area (Å²) in [5, 5.41) is 0. The van der Waals surface area contributed by atoms with Gasteiger partial charge >= 0.3 is 6.18 Å². The maximum atomic E-state index is 13.8. The van der Waals surface area contributed by atoms with Crippen molar-refractivity contribution in [2.45, 2.75) is 19.0 Å². The van der Waals surface area contributed by atoms with Gasteiger partial charge in [-0.25, -0.2) is 4.39 Å². The second kappa shape index (κ2) is 7.94.